The molecule has 4 aromatic rings. The minimum absolute atomic E-state index is 0.0184. The SMILES string of the molecule is COc1ccc2[nH]cc(CCN3C(=O)C(O)=C(C(=O)Cc4ccccc4)[C@@H]3c3cccc(O)c3)c2c1. The Morgan fingerprint density at radius 3 is 2.58 bits per heavy atom. The molecule has 0 aliphatic carbocycles. The van der Waals surface area contributed by atoms with E-state index in [1.54, 1.807) is 19.2 Å². The highest BCUT2D eigenvalue weighted by Crippen LogP contribution is 2.39. The largest absolute Gasteiger partial charge is 0.508 e. The average Bonchev–Trinajstić information content (AvgIpc) is 3.40. The molecular weight excluding hydrogens is 456 g/mol. The Kier molecular flexibility index (Phi) is 6.21. The number of Topliss-reactive ketones (excluding diaryl/α,β-unsaturated/α-hetero) is 1. The van der Waals surface area contributed by atoms with Gasteiger partial charge in [-0.05, 0) is 53.4 Å². The molecule has 7 heteroatoms. The lowest BCUT2D eigenvalue weighted by Crippen LogP contribution is -2.33. The van der Waals surface area contributed by atoms with E-state index in [1.165, 1.54) is 17.0 Å². The first-order chi connectivity index (χ1) is 17.5. The zero-order valence-corrected chi connectivity index (χ0v) is 19.8. The van der Waals surface area contributed by atoms with E-state index >= 15 is 0 Å². The van der Waals surface area contributed by atoms with Gasteiger partial charge in [-0.15, -0.1) is 0 Å². The molecule has 0 fully saturated rings. The van der Waals surface area contributed by atoms with Crippen molar-refractivity contribution in [2.75, 3.05) is 13.7 Å². The Morgan fingerprint density at radius 1 is 1.03 bits per heavy atom. The number of nitrogens with zero attached hydrogens (tertiary/aromatic N) is 1. The maximum absolute atomic E-state index is 13.4. The zero-order chi connectivity index (χ0) is 25.2. The normalized spacial score (nSPS) is 15.6. The number of hydrogen-bond donors (Lipinski definition) is 3. The van der Waals surface area contributed by atoms with Crippen molar-refractivity contribution in [3.63, 3.8) is 0 Å². The first kappa shape index (κ1) is 23.2. The molecule has 3 N–H and O–H groups in total. The molecule has 182 valence electrons. The molecule has 1 aliphatic rings. The summed E-state index contributed by atoms with van der Waals surface area (Å²) in [4.78, 5) is 31.4. The standard InChI is InChI=1S/C29H26N2O5/c1-36-22-10-11-24-23(16-22)20(17-30-24)12-13-31-27(19-8-5-9-21(32)15-19)26(28(34)29(31)35)25(33)14-18-6-3-2-4-7-18/h2-11,15-17,27,30,32,34H,12-14H2,1H3/t27-/m0/s1. The number of aliphatic hydroxyl groups excluding tert-OH is 1. The topological polar surface area (TPSA) is 103 Å². The summed E-state index contributed by atoms with van der Waals surface area (Å²) in [5, 5.41) is 22.0. The van der Waals surface area contributed by atoms with Crippen LogP contribution < -0.4 is 4.74 Å². The number of phenols is 1. The summed E-state index contributed by atoms with van der Waals surface area (Å²) in [7, 11) is 1.61. The van der Waals surface area contributed by atoms with Gasteiger partial charge in [0, 0.05) is 30.1 Å². The molecule has 0 unspecified atom stereocenters. The molecule has 7 nitrogen and oxygen atoms in total. The van der Waals surface area contributed by atoms with Crippen LogP contribution in [0.2, 0.25) is 0 Å². The molecule has 36 heavy (non-hydrogen) atoms. The van der Waals surface area contributed by atoms with Crippen molar-refractivity contribution in [2.45, 2.75) is 18.9 Å². The molecule has 1 amide bonds. The van der Waals surface area contributed by atoms with Crippen LogP contribution in [0.3, 0.4) is 0 Å². The van der Waals surface area contributed by atoms with Crippen LogP contribution in [-0.2, 0) is 22.4 Å². The first-order valence-electron chi connectivity index (χ1n) is 11.7. The smallest absolute Gasteiger partial charge is 0.290 e. The number of carbonyl (C=O) groups is 2. The zero-order valence-electron chi connectivity index (χ0n) is 19.8. The Morgan fingerprint density at radius 2 is 1.83 bits per heavy atom. The molecule has 1 aliphatic heterocycles. The van der Waals surface area contributed by atoms with Crippen LogP contribution in [-0.4, -0.2) is 45.4 Å². The highest BCUT2D eigenvalue weighted by Gasteiger charge is 2.43. The number of nitrogens with one attached hydrogen (secondary N) is 1. The van der Waals surface area contributed by atoms with Crippen molar-refractivity contribution in [1.82, 2.24) is 9.88 Å². The lowest BCUT2D eigenvalue weighted by atomic mass is 9.93. The number of aromatic nitrogens is 1. The van der Waals surface area contributed by atoms with E-state index < -0.39 is 17.7 Å². The van der Waals surface area contributed by atoms with Crippen molar-refractivity contribution in [3.05, 3.63) is 107 Å². The van der Waals surface area contributed by atoms with Gasteiger partial charge in [-0.2, -0.15) is 0 Å². The van der Waals surface area contributed by atoms with Gasteiger partial charge in [0.2, 0.25) is 0 Å². The minimum Gasteiger partial charge on any atom is -0.508 e. The lowest BCUT2D eigenvalue weighted by Gasteiger charge is -2.27. The number of H-pyrrole nitrogens is 1. The number of benzene rings is 3. The molecule has 0 radical (unpaired) electrons. The third-order valence-electron chi connectivity index (χ3n) is 6.59. The van der Waals surface area contributed by atoms with Crippen LogP contribution in [0.4, 0.5) is 0 Å². The number of fused-ring (bicyclic) bond motifs is 1. The fourth-order valence-corrected chi connectivity index (χ4v) is 4.82. The number of aromatic amines is 1. The number of aliphatic hydroxyl groups is 1. The van der Waals surface area contributed by atoms with Crippen LogP contribution in [0.1, 0.15) is 22.7 Å². The highest BCUT2D eigenvalue weighted by molar-refractivity contribution is 6.09. The first-order valence-corrected chi connectivity index (χ1v) is 11.7. The predicted molar refractivity (Wildman–Crippen MR) is 136 cm³/mol. The van der Waals surface area contributed by atoms with Gasteiger partial charge in [0.1, 0.15) is 11.5 Å². The second kappa shape index (κ2) is 9.62. The number of ether oxygens (including phenoxy) is 1. The van der Waals surface area contributed by atoms with Crippen molar-refractivity contribution >= 4 is 22.6 Å². The predicted octanol–water partition coefficient (Wildman–Crippen LogP) is 4.63. The van der Waals surface area contributed by atoms with E-state index in [-0.39, 0.29) is 30.1 Å². The Hall–Kier alpha value is -4.52. The van der Waals surface area contributed by atoms with E-state index in [2.05, 4.69) is 4.98 Å². The van der Waals surface area contributed by atoms with Gasteiger partial charge in [0.25, 0.3) is 5.91 Å². The summed E-state index contributed by atoms with van der Waals surface area (Å²) >= 11 is 0. The molecule has 0 saturated carbocycles. The fourth-order valence-electron chi connectivity index (χ4n) is 4.82. The Labute approximate surface area is 208 Å². The summed E-state index contributed by atoms with van der Waals surface area (Å²) in [6.07, 6.45) is 2.43. The van der Waals surface area contributed by atoms with Gasteiger partial charge in [-0.25, -0.2) is 0 Å². The second-order valence-electron chi connectivity index (χ2n) is 8.82. The van der Waals surface area contributed by atoms with Crippen molar-refractivity contribution in [1.29, 1.82) is 0 Å². The van der Waals surface area contributed by atoms with Crippen molar-refractivity contribution < 1.29 is 24.5 Å². The van der Waals surface area contributed by atoms with Gasteiger partial charge >= 0.3 is 0 Å². The van der Waals surface area contributed by atoms with Crippen LogP contribution in [0.25, 0.3) is 10.9 Å². The molecule has 1 atom stereocenters. The number of phenolic OH excluding ortho intramolecular Hbond substituents is 1. The Bertz CT molecular complexity index is 1470. The van der Waals surface area contributed by atoms with Crippen molar-refractivity contribution in [3.8, 4) is 11.5 Å². The molecule has 5 rings (SSSR count). The minimum atomic E-state index is -0.805. The monoisotopic (exact) mass is 482 g/mol. The molecule has 0 bridgehead atoms. The lowest BCUT2D eigenvalue weighted by molar-refractivity contribution is -0.129. The van der Waals surface area contributed by atoms with E-state index in [4.69, 9.17) is 4.74 Å². The third kappa shape index (κ3) is 4.31. The van der Waals surface area contributed by atoms with Crippen LogP contribution >= 0.6 is 0 Å². The number of ketones is 1. The summed E-state index contributed by atoms with van der Waals surface area (Å²) in [6.45, 7) is 0.259. The summed E-state index contributed by atoms with van der Waals surface area (Å²) < 4.78 is 5.35. The van der Waals surface area contributed by atoms with Gasteiger partial charge in [-0.3, -0.25) is 9.59 Å². The third-order valence-corrected chi connectivity index (χ3v) is 6.59. The summed E-state index contributed by atoms with van der Waals surface area (Å²) in [5.41, 5.74) is 3.33. The van der Waals surface area contributed by atoms with Gasteiger partial charge in [-0.1, -0.05) is 42.5 Å². The van der Waals surface area contributed by atoms with E-state index in [0.717, 1.165) is 27.8 Å². The number of methoxy groups -OCH3 is 1. The van der Waals surface area contributed by atoms with Crippen LogP contribution in [0, 0.1) is 0 Å². The number of aromatic hydroxyl groups is 1. The number of carbonyl (C=O) groups excluding carboxylic acids is 2. The quantitative estimate of drug-likeness (QED) is 0.340. The fraction of sp³-hybridized carbons (Fsp3) is 0.172. The molecule has 3 aromatic carbocycles. The molecule has 0 spiro atoms. The van der Waals surface area contributed by atoms with Crippen LogP contribution in [0.15, 0.2) is 90.3 Å². The second-order valence-corrected chi connectivity index (χ2v) is 8.82. The molecule has 0 saturated heterocycles. The maximum atomic E-state index is 13.4. The van der Waals surface area contributed by atoms with Crippen molar-refractivity contribution in [2.24, 2.45) is 0 Å². The molecule has 1 aromatic heterocycles. The molecule has 2 heterocycles. The summed E-state index contributed by atoms with van der Waals surface area (Å²) in [6, 6.07) is 20.6. The number of rotatable bonds is 8. The number of hydrogen-bond acceptors (Lipinski definition) is 5. The Balaban J connectivity index is 1.47. The summed E-state index contributed by atoms with van der Waals surface area (Å²) in [5.74, 6) is -0.724. The molecular formula is C29H26N2O5. The van der Waals surface area contributed by atoms with Gasteiger partial charge in [0.05, 0.1) is 18.7 Å². The van der Waals surface area contributed by atoms with E-state index in [9.17, 15) is 19.8 Å². The highest BCUT2D eigenvalue weighted by atomic mass is 16.5. The number of amides is 1. The average molecular weight is 483 g/mol. The van der Waals surface area contributed by atoms with E-state index in [1.807, 2.05) is 54.7 Å². The van der Waals surface area contributed by atoms with Gasteiger partial charge in [0.15, 0.2) is 11.5 Å². The van der Waals surface area contributed by atoms with Gasteiger partial charge < -0.3 is 24.8 Å². The van der Waals surface area contributed by atoms with Crippen LogP contribution in [0.5, 0.6) is 11.5 Å². The van der Waals surface area contributed by atoms with E-state index in [0.29, 0.717) is 12.0 Å². The maximum Gasteiger partial charge on any atom is 0.290 e.